The van der Waals surface area contributed by atoms with E-state index >= 15 is 0 Å². The fourth-order valence-corrected chi connectivity index (χ4v) is 3.55. The first-order chi connectivity index (χ1) is 13.5. The fourth-order valence-electron chi connectivity index (χ4n) is 2.74. The first kappa shape index (κ1) is 19.6. The van der Waals surface area contributed by atoms with Crippen molar-refractivity contribution in [2.24, 2.45) is 0 Å². The molecule has 0 saturated heterocycles. The van der Waals surface area contributed by atoms with Gasteiger partial charge in [-0.2, -0.15) is 0 Å². The quantitative estimate of drug-likeness (QED) is 0.611. The lowest BCUT2D eigenvalue weighted by Crippen LogP contribution is -2.43. The summed E-state index contributed by atoms with van der Waals surface area (Å²) in [7, 11) is 1.60. The number of aliphatic carboxylic acids is 1. The number of rotatable bonds is 8. The molecule has 3 aromatic rings. The molecular weight excluding hydrogens is 376 g/mol. The maximum absolute atomic E-state index is 12.3. The Morgan fingerprint density at radius 2 is 1.96 bits per heavy atom. The maximum atomic E-state index is 12.3. The van der Waals surface area contributed by atoms with Gasteiger partial charge < -0.3 is 15.2 Å². The van der Waals surface area contributed by atoms with E-state index in [4.69, 9.17) is 4.74 Å². The molecular formula is C21H20N2O4S. The minimum absolute atomic E-state index is 0.0268. The van der Waals surface area contributed by atoms with Crippen molar-refractivity contribution in [1.29, 1.82) is 0 Å². The Labute approximate surface area is 166 Å². The second-order valence-electron chi connectivity index (χ2n) is 6.20. The minimum Gasteiger partial charge on any atom is -0.497 e. The number of carboxylic acid groups (broad SMARTS) is 1. The summed E-state index contributed by atoms with van der Waals surface area (Å²) in [6, 6.07) is 15.8. The summed E-state index contributed by atoms with van der Waals surface area (Å²) < 4.78 is 5.22. The number of thiazole rings is 1. The molecule has 0 aliphatic carbocycles. The van der Waals surface area contributed by atoms with E-state index in [1.807, 2.05) is 54.6 Å². The standard InChI is InChI=1S/C21H20N2O4S/c1-27-17-9-5-8-15(11-17)20-22-16(13-28-20)12-19(24)23-18(21(25)26)10-14-6-3-2-4-7-14/h2-9,11,13,18H,10,12H2,1H3,(H,23,24)(H,25,26)/t18-/m1/s1. The molecule has 0 aliphatic heterocycles. The average Bonchev–Trinajstić information content (AvgIpc) is 3.16. The number of hydrogen-bond donors (Lipinski definition) is 2. The number of aromatic nitrogens is 1. The van der Waals surface area contributed by atoms with Gasteiger partial charge in [0.05, 0.1) is 19.2 Å². The third-order valence-corrected chi connectivity index (χ3v) is 5.07. The molecule has 0 saturated carbocycles. The number of hydrogen-bond acceptors (Lipinski definition) is 5. The second-order valence-corrected chi connectivity index (χ2v) is 7.06. The number of methoxy groups -OCH3 is 1. The van der Waals surface area contributed by atoms with Crippen LogP contribution in [0.15, 0.2) is 60.0 Å². The highest BCUT2D eigenvalue weighted by Gasteiger charge is 2.21. The zero-order valence-corrected chi connectivity index (χ0v) is 16.1. The molecule has 2 N–H and O–H groups in total. The van der Waals surface area contributed by atoms with Gasteiger partial charge in [0.15, 0.2) is 0 Å². The number of benzene rings is 2. The van der Waals surface area contributed by atoms with Crippen LogP contribution in [0, 0.1) is 0 Å². The van der Waals surface area contributed by atoms with Crippen LogP contribution in [0.4, 0.5) is 0 Å². The Bertz CT molecular complexity index is 956. The van der Waals surface area contributed by atoms with Gasteiger partial charge in [-0.05, 0) is 17.7 Å². The Hall–Kier alpha value is -3.19. The van der Waals surface area contributed by atoms with Gasteiger partial charge in [0.2, 0.25) is 5.91 Å². The number of amides is 1. The molecule has 6 nitrogen and oxygen atoms in total. The first-order valence-corrected chi connectivity index (χ1v) is 9.58. The summed E-state index contributed by atoms with van der Waals surface area (Å²) in [5, 5.41) is 14.6. The number of carbonyl (C=O) groups excluding carboxylic acids is 1. The molecule has 2 aromatic carbocycles. The van der Waals surface area contributed by atoms with Crippen LogP contribution in [0.1, 0.15) is 11.3 Å². The molecule has 7 heteroatoms. The highest BCUT2D eigenvalue weighted by Crippen LogP contribution is 2.27. The molecule has 144 valence electrons. The third kappa shape index (κ3) is 5.17. The average molecular weight is 396 g/mol. The van der Waals surface area contributed by atoms with Gasteiger partial charge in [0, 0.05) is 17.4 Å². The summed E-state index contributed by atoms with van der Waals surface area (Å²) in [6.45, 7) is 0. The van der Waals surface area contributed by atoms with E-state index in [0.29, 0.717) is 5.69 Å². The summed E-state index contributed by atoms with van der Waals surface area (Å²) >= 11 is 1.43. The fraction of sp³-hybridized carbons (Fsp3) is 0.190. The molecule has 0 aliphatic rings. The lowest BCUT2D eigenvalue weighted by molar-refractivity contribution is -0.141. The number of carboxylic acids is 1. The van der Waals surface area contributed by atoms with Crippen molar-refractivity contribution < 1.29 is 19.4 Å². The predicted octanol–water partition coefficient (Wildman–Crippen LogP) is 3.17. The van der Waals surface area contributed by atoms with Crippen molar-refractivity contribution in [2.45, 2.75) is 18.9 Å². The van der Waals surface area contributed by atoms with Gasteiger partial charge in [0.25, 0.3) is 0 Å². The van der Waals surface area contributed by atoms with E-state index < -0.39 is 12.0 Å². The molecule has 28 heavy (non-hydrogen) atoms. The van der Waals surface area contributed by atoms with Crippen molar-refractivity contribution in [3.63, 3.8) is 0 Å². The van der Waals surface area contributed by atoms with Crippen LogP contribution in [-0.2, 0) is 22.4 Å². The molecule has 1 amide bonds. The van der Waals surface area contributed by atoms with Gasteiger partial charge in [-0.3, -0.25) is 4.79 Å². The highest BCUT2D eigenvalue weighted by molar-refractivity contribution is 7.13. The number of nitrogens with zero attached hydrogens (tertiary/aromatic N) is 1. The van der Waals surface area contributed by atoms with E-state index in [9.17, 15) is 14.7 Å². The molecule has 1 heterocycles. The van der Waals surface area contributed by atoms with E-state index in [2.05, 4.69) is 10.3 Å². The van der Waals surface area contributed by atoms with Gasteiger partial charge in [-0.25, -0.2) is 9.78 Å². The third-order valence-electron chi connectivity index (χ3n) is 4.13. The second kappa shape index (κ2) is 9.14. The zero-order chi connectivity index (χ0) is 19.9. The van der Waals surface area contributed by atoms with Crippen LogP contribution in [0.3, 0.4) is 0 Å². The largest absolute Gasteiger partial charge is 0.497 e. The van der Waals surface area contributed by atoms with Gasteiger partial charge in [-0.15, -0.1) is 11.3 Å². The Morgan fingerprint density at radius 1 is 1.18 bits per heavy atom. The predicted molar refractivity (Wildman–Crippen MR) is 108 cm³/mol. The SMILES string of the molecule is COc1cccc(-c2nc(CC(=O)N[C@H](Cc3ccccc3)C(=O)O)cs2)c1. The van der Waals surface area contributed by atoms with Crippen LogP contribution in [-0.4, -0.2) is 35.1 Å². The van der Waals surface area contributed by atoms with Crippen LogP contribution >= 0.6 is 11.3 Å². The van der Waals surface area contributed by atoms with Crippen LogP contribution < -0.4 is 10.1 Å². The zero-order valence-electron chi connectivity index (χ0n) is 15.3. The molecule has 0 spiro atoms. The monoisotopic (exact) mass is 396 g/mol. The minimum atomic E-state index is -1.06. The summed E-state index contributed by atoms with van der Waals surface area (Å²) in [6.07, 6.45) is 0.257. The van der Waals surface area contributed by atoms with Crippen LogP contribution in [0.25, 0.3) is 10.6 Å². The number of carbonyl (C=O) groups is 2. The van der Waals surface area contributed by atoms with Crippen molar-refractivity contribution >= 4 is 23.2 Å². The van der Waals surface area contributed by atoms with E-state index in [1.165, 1.54) is 11.3 Å². The van der Waals surface area contributed by atoms with Crippen molar-refractivity contribution in [3.8, 4) is 16.3 Å². The maximum Gasteiger partial charge on any atom is 0.326 e. The molecule has 1 aromatic heterocycles. The number of nitrogens with one attached hydrogen (secondary N) is 1. The summed E-state index contributed by atoms with van der Waals surface area (Å²) in [5.74, 6) is -0.699. The van der Waals surface area contributed by atoms with Crippen molar-refractivity contribution in [3.05, 3.63) is 71.2 Å². The van der Waals surface area contributed by atoms with E-state index in [-0.39, 0.29) is 18.7 Å². The van der Waals surface area contributed by atoms with Crippen LogP contribution in [0.2, 0.25) is 0 Å². The Kier molecular flexibility index (Phi) is 6.39. The molecule has 0 fully saturated rings. The Balaban J connectivity index is 1.64. The van der Waals surface area contributed by atoms with Gasteiger partial charge in [0.1, 0.15) is 16.8 Å². The van der Waals surface area contributed by atoms with Crippen molar-refractivity contribution in [1.82, 2.24) is 10.3 Å². The molecule has 3 rings (SSSR count). The normalized spacial score (nSPS) is 11.6. The summed E-state index contributed by atoms with van der Waals surface area (Å²) in [4.78, 5) is 28.3. The van der Waals surface area contributed by atoms with Crippen molar-refractivity contribution in [2.75, 3.05) is 7.11 Å². The van der Waals surface area contributed by atoms with Crippen LogP contribution in [0.5, 0.6) is 5.75 Å². The molecule has 0 radical (unpaired) electrons. The van der Waals surface area contributed by atoms with E-state index in [0.717, 1.165) is 21.9 Å². The topological polar surface area (TPSA) is 88.5 Å². The lowest BCUT2D eigenvalue weighted by Gasteiger charge is -2.14. The van der Waals surface area contributed by atoms with E-state index in [1.54, 1.807) is 12.5 Å². The highest BCUT2D eigenvalue weighted by atomic mass is 32.1. The van der Waals surface area contributed by atoms with Gasteiger partial charge in [-0.1, -0.05) is 42.5 Å². The van der Waals surface area contributed by atoms with Gasteiger partial charge >= 0.3 is 5.97 Å². The Morgan fingerprint density at radius 3 is 2.68 bits per heavy atom. The number of ether oxygens (including phenoxy) is 1. The lowest BCUT2D eigenvalue weighted by atomic mass is 10.1. The first-order valence-electron chi connectivity index (χ1n) is 8.70. The molecule has 0 unspecified atom stereocenters. The smallest absolute Gasteiger partial charge is 0.326 e. The molecule has 0 bridgehead atoms. The summed E-state index contributed by atoms with van der Waals surface area (Å²) in [5.41, 5.74) is 2.36. The molecule has 1 atom stereocenters.